The highest BCUT2D eigenvalue weighted by Gasteiger charge is 2.23. The normalized spacial score (nSPS) is 10.4. The summed E-state index contributed by atoms with van der Waals surface area (Å²) >= 11 is 0. The number of benzene rings is 1. The first-order valence-electron chi connectivity index (χ1n) is 6.70. The molecule has 1 aromatic carbocycles. The van der Waals surface area contributed by atoms with E-state index in [9.17, 15) is 9.59 Å². The Balaban J connectivity index is 2.32. The van der Waals surface area contributed by atoms with Crippen LogP contribution in [0.4, 0.5) is 5.69 Å². The van der Waals surface area contributed by atoms with Crippen LogP contribution < -0.4 is 4.90 Å². The van der Waals surface area contributed by atoms with Gasteiger partial charge in [0.15, 0.2) is 5.76 Å². The molecule has 0 fully saturated rings. The van der Waals surface area contributed by atoms with Gasteiger partial charge in [-0.15, -0.1) is 0 Å². The van der Waals surface area contributed by atoms with Crippen molar-refractivity contribution < 1.29 is 19.1 Å². The number of furan rings is 1. The zero-order chi connectivity index (χ0) is 15.4. The largest absolute Gasteiger partial charge is 0.480 e. The smallest absolute Gasteiger partial charge is 0.323 e. The number of aryl methyl sites for hydroxylation is 2. The minimum atomic E-state index is -1.08. The third kappa shape index (κ3) is 3.51. The van der Waals surface area contributed by atoms with Gasteiger partial charge in [-0.25, -0.2) is 0 Å². The topological polar surface area (TPSA) is 70.8 Å². The molecular formula is C16H17NO4. The zero-order valence-electron chi connectivity index (χ0n) is 12.0. The van der Waals surface area contributed by atoms with Gasteiger partial charge in [0.2, 0.25) is 0 Å². The van der Waals surface area contributed by atoms with E-state index in [0.717, 1.165) is 5.56 Å². The summed E-state index contributed by atoms with van der Waals surface area (Å²) in [5.74, 6) is -0.696. The van der Waals surface area contributed by atoms with E-state index in [1.54, 1.807) is 24.3 Å². The summed E-state index contributed by atoms with van der Waals surface area (Å²) in [4.78, 5) is 24.7. The van der Waals surface area contributed by atoms with Gasteiger partial charge < -0.3 is 9.52 Å². The van der Waals surface area contributed by atoms with E-state index >= 15 is 0 Å². The lowest BCUT2D eigenvalue weighted by molar-refractivity contribution is -0.135. The summed E-state index contributed by atoms with van der Waals surface area (Å²) in [5.41, 5.74) is 1.56. The number of anilines is 1. The minimum Gasteiger partial charge on any atom is -0.480 e. The number of carbonyl (C=O) groups excluding carboxylic acids is 1. The fourth-order valence-electron chi connectivity index (χ4n) is 1.96. The van der Waals surface area contributed by atoms with E-state index in [4.69, 9.17) is 9.52 Å². The molecular weight excluding hydrogens is 270 g/mol. The molecule has 0 saturated carbocycles. The summed E-state index contributed by atoms with van der Waals surface area (Å²) < 4.78 is 5.42. The highest BCUT2D eigenvalue weighted by molar-refractivity contribution is 6.06. The van der Waals surface area contributed by atoms with Crippen LogP contribution in [-0.2, 0) is 11.2 Å². The number of hydrogen-bond donors (Lipinski definition) is 1. The third-order valence-corrected chi connectivity index (χ3v) is 3.11. The number of amides is 1. The second-order valence-electron chi connectivity index (χ2n) is 4.74. The Hall–Kier alpha value is -2.56. The van der Waals surface area contributed by atoms with Crippen LogP contribution in [0.25, 0.3) is 0 Å². The second-order valence-corrected chi connectivity index (χ2v) is 4.74. The molecule has 5 nitrogen and oxygen atoms in total. The highest BCUT2D eigenvalue weighted by Crippen LogP contribution is 2.19. The van der Waals surface area contributed by atoms with Gasteiger partial charge in [-0.05, 0) is 31.2 Å². The average Bonchev–Trinajstić information content (AvgIpc) is 2.94. The van der Waals surface area contributed by atoms with Crippen LogP contribution >= 0.6 is 0 Å². The number of carboxylic acid groups (broad SMARTS) is 1. The molecule has 0 radical (unpaired) electrons. The molecule has 1 aromatic heterocycles. The molecule has 1 heterocycles. The first kappa shape index (κ1) is 14.8. The lowest BCUT2D eigenvalue weighted by Gasteiger charge is -2.19. The van der Waals surface area contributed by atoms with Crippen LogP contribution in [0.15, 0.2) is 40.8 Å². The van der Waals surface area contributed by atoms with E-state index in [1.807, 2.05) is 26.0 Å². The Kier molecular flexibility index (Phi) is 4.42. The van der Waals surface area contributed by atoms with Gasteiger partial charge in [-0.1, -0.05) is 24.6 Å². The van der Waals surface area contributed by atoms with Gasteiger partial charge in [-0.2, -0.15) is 0 Å². The summed E-state index contributed by atoms with van der Waals surface area (Å²) in [6.45, 7) is 3.43. The standard InChI is InChI=1S/C16H17NO4/c1-3-13-8-9-14(21-13)16(20)17(10-15(18)19)12-6-4-11(2)5-7-12/h4-9H,3,10H2,1-2H3,(H,18,19). The molecule has 0 unspecified atom stereocenters. The molecule has 110 valence electrons. The number of hydrogen-bond acceptors (Lipinski definition) is 3. The molecule has 0 spiro atoms. The van der Waals surface area contributed by atoms with Crippen molar-refractivity contribution in [3.05, 3.63) is 53.5 Å². The van der Waals surface area contributed by atoms with Crippen LogP contribution in [0.1, 0.15) is 28.8 Å². The minimum absolute atomic E-state index is 0.147. The Morgan fingerprint density at radius 3 is 2.33 bits per heavy atom. The molecule has 1 amide bonds. The van der Waals surface area contributed by atoms with Crippen molar-refractivity contribution in [1.29, 1.82) is 0 Å². The SMILES string of the molecule is CCc1ccc(C(=O)N(CC(=O)O)c2ccc(C)cc2)o1. The molecule has 1 N–H and O–H groups in total. The van der Waals surface area contributed by atoms with Gasteiger partial charge in [0.05, 0.1) is 0 Å². The first-order chi connectivity index (χ1) is 10.0. The van der Waals surface area contributed by atoms with Crippen molar-refractivity contribution in [3.63, 3.8) is 0 Å². The van der Waals surface area contributed by atoms with Gasteiger partial charge in [-0.3, -0.25) is 14.5 Å². The molecule has 0 aliphatic heterocycles. The van der Waals surface area contributed by atoms with Crippen LogP contribution in [-0.4, -0.2) is 23.5 Å². The molecule has 21 heavy (non-hydrogen) atoms. The van der Waals surface area contributed by atoms with Crippen molar-refractivity contribution in [3.8, 4) is 0 Å². The van der Waals surface area contributed by atoms with Crippen LogP contribution in [0.2, 0.25) is 0 Å². The van der Waals surface area contributed by atoms with E-state index in [0.29, 0.717) is 17.9 Å². The molecule has 0 atom stereocenters. The predicted molar refractivity (Wildman–Crippen MR) is 78.6 cm³/mol. The molecule has 0 bridgehead atoms. The number of rotatable bonds is 5. The van der Waals surface area contributed by atoms with E-state index in [1.165, 1.54) is 4.90 Å². The van der Waals surface area contributed by atoms with Crippen LogP contribution in [0.3, 0.4) is 0 Å². The number of aliphatic carboxylic acids is 1. The summed E-state index contributed by atoms with van der Waals surface area (Å²) in [6.07, 6.45) is 0.677. The second kappa shape index (κ2) is 6.26. The fraction of sp³-hybridized carbons (Fsp3) is 0.250. The molecule has 2 aromatic rings. The molecule has 5 heteroatoms. The summed E-state index contributed by atoms with van der Waals surface area (Å²) in [5, 5.41) is 9.02. The lowest BCUT2D eigenvalue weighted by Crippen LogP contribution is -2.35. The Bertz CT molecular complexity index is 643. The lowest BCUT2D eigenvalue weighted by atomic mass is 10.2. The maximum absolute atomic E-state index is 12.5. The number of nitrogens with zero attached hydrogens (tertiary/aromatic N) is 1. The average molecular weight is 287 g/mol. The first-order valence-corrected chi connectivity index (χ1v) is 6.70. The highest BCUT2D eigenvalue weighted by atomic mass is 16.4. The van der Waals surface area contributed by atoms with Crippen molar-refractivity contribution >= 4 is 17.6 Å². The number of carbonyl (C=O) groups is 2. The summed E-state index contributed by atoms with van der Waals surface area (Å²) in [6, 6.07) is 10.4. The Morgan fingerprint density at radius 2 is 1.81 bits per heavy atom. The van der Waals surface area contributed by atoms with Crippen LogP contribution in [0.5, 0.6) is 0 Å². The maximum Gasteiger partial charge on any atom is 0.323 e. The maximum atomic E-state index is 12.5. The van der Waals surface area contributed by atoms with E-state index in [-0.39, 0.29) is 5.76 Å². The monoisotopic (exact) mass is 287 g/mol. The zero-order valence-corrected chi connectivity index (χ0v) is 12.0. The van der Waals surface area contributed by atoms with E-state index in [2.05, 4.69) is 0 Å². The van der Waals surface area contributed by atoms with Gasteiger partial charge in [0, 0.05) is 12.1 Å². The third-order valence-electron chi connectivity index (χ3n) is 3.11. The van der Waals surface area contributed by atoms with Gasteiger partial charge >= 0.3 is 5.97 Å². The van der Waals surface area contributed by atoms with E-state index < -0.39 is 18.4 Å². The number of carboxylic acids is 1. The Morgan fingerprint density at radius 1 is 1.14 bits per heavy atom. The molecule has 0 saturated heterocycles. The summed E-state index contributed by atoms with van der Waals surface area (Å²) in [7, 11) is 0. The van der Waals surface area contributed by atoms with Crippen molar-refractivity contribution in [1.82, 2.24) is 0 Å². The molecule has 0 aliphatic rings. The van der Waals surface area contributed by atoms with Gasteiger partial charge in [0.25, 0.3) is 5.91 Å². The fourth-order valence-corrected chi connectivity index (χ4v) is 1.96. The van der Waals surface area contributed by atoms with Crippen molar-refractivity contribution in [2.24, 2.45) is 0 Å². The predicted octanol–water partition coefficient (Wildman–Crippen LogP) is 2.88. The molecule has 2 rings (SSSR count). The van der Waals surface area contributed by atoms with Gasteiger partial charge in [0.1, 0.15) is 12.3 Å². The Labute approximate surface area is 122 Å². The quantitative estimate of drug-likeness (QED) is 0.918. The molecule has 0 aliphatic carbocycles. The van der Waals surface area contributed by atoms with Crippen molar-refractivity contribution in [2.45, 2.75) is 20.3 Å². The van der Waals surface area contributed by atoms with Crippen molar-refractivity contribution in [2.75, 3.05) is 11.4 Å². The van der Waals surface area contributed by atoms with Crippen LogP contribution in [0, 0.1) is 6.92 Å².